The standard InChI is InChI=1S/C12H18N2O2/c1-9-4-5-11(12(13)15)10(8-9)6-7-14(2,3)16/h4-5,8H,6-7H2,1-3H3,(H2,13,15). The van der Waals surface area contributed by atoms with Crippen LogP contribution in [0.5, 0.6) is 0 Å². The molecule has 1 rings (SSSR count). The quantitative estimate of drug-likeness (QED) is 0.614. The number of quaternary nitrogens is 1. The van der Waals surface area contributed by atoms with Crippen LogP contribution in [-0.4, -0.2) is 31.2 Å². The monoisotopic (exact) mass is 222 g/mol. The predicted molar refractivity (Wildman–Crippen MR) is 63.7 cm³/mol. The fraction of sp³-hybridized carbons (Fsp3) is 0.417. The Morgan fingerprint density at radius 3 is 2.56 bits per heavy atom. The molecule has 0 radical (unpaired) electrons. The number of aryl methyl sites for hydroxylation is 1. The molecule has 0 heterocycles. The fourth-order valence-electron chi connectivity index (χ4n) is 1.56. The number of nitrogens with two attached hydrogens (primary N) is 1. The van der Waals surface area contributed by atoms with Crippen LogP contribution in [-0.2, 0) is 6.42 Å². The van der Waals surface area contributed by atoms with Gasteiger partial charge in [-0.3, -0.25) is 4.79 Å². The molecule has 0 atom stereocenters. The molecule has 0 saturated carbocycles. The van der Waals surface area contributed by atoms with Crippen molar-refractivity contribution in [2.75, 3.05) is 20.6 Å². The number of nitrogens with zero attached hydrogens (tertiary/aromatic N) is 1. The topological polar surface area (TPSA) is 66.2 Å². The van der Waals surface area contributed by atoms with E-state index in [1.165, 1.54) is 0 Å². The third-order valence-electron chi connectivity index (χ3n) is 2.45. The van der Waals surface area contributed by atoms with E-state index in [0.717, 1.165) is 11.1 Å². The maximum Gasteiger partial charge on any atom is 0.248 e. The van der Waals surface area contributed by atoms with Gasteiger partial charge in [0.2, 0.25) is 5.91 Å². The van der Waals surface area contributed by atoms with Crippen molar-refractivity contribution in [3.05, 3.63) is 40.1 Å². The molecule has 2 N–H and O–H groups in total. The van der Waals surface area contributed by atoms with E-state index in [1.807, 2.05) is 19.1 Å². The van der Waals surface area contributed by atoms with Crippen LogP contribution in [0.15, 0.2) is 18.2 Å². The van der Waals surface area contributed by atoms with Gasteiger partial charge in [-0.15, -0.1) is 0 Å². The number of benzene rings is 1. The SMILES string of the molecule is Cc1ccc(C(N)=O)c(CC[N+](C)(C)[O-])c1. The van der Waals surface area contributed by atoms with E-state index in [1.54, 1.807) is 20.2 Å². The largest absolute Gasteiger partial charge is 0.633 e. The highest BCUT2D eigenvalue weighted by atomic mass is 16.5. The highest BCUT2D eigenvalue weighted by molar-refractivity contribution is 5.94. The van der Waals surface area contributed by atoms with Gasteiger partial charge in [0.1, 0.15) is 0 Å². The minimum absolute atomic E-state index is 0.369. The molecular weight excluding hydrogens is 204 g/mol. The number of rotatable bonds is 4. The second kappa shape index (κ2) is 4.63. The molecule has 16 heavy (non-hydrogen) atoms. The van der Waals surface area contributed by atoms with Crippen molar-refractivity contribution >= 4 is 5.91 Å². The van der Waals surface area contributed by atoms with Crippen molar-refractivity contribution in [2.45, 2.75) is 13.3 Å². The average Bonchev–Trinajstić information content (AvgIpc) is 2.13. The summed E-state index contributed by atoms with van der Waals surface area (Å²) < 4.78 is -0.369. The van der Waals surface area contributed by atoms with Gasteiger partial charge < -0.3 is 15.6 Å². The summed E-state index contributed by atoms with van der Waals surface area (Å²) in [7, 11) is 3.17. The summed E-state index contributed by atoms with van der Waals surface area (Å²) in [6.45, 7) is 2.38. The van der Waals surface area contributed by atoms with Gasteiger partial charge in [0, 0.05) is 12.0 Å². The Morgan fingerprint density at radius 1 is 1.44 bits per heavy atom. The van der Waals surface area contributed by atoms with E-state index in [9.17, 15) is 10.0 Å². The van der Waals surface area contributed by atoms with Crippen LogP contribution in [0.1, 0.15) is 21.5 Å². The highest BCUT2D eigenvalue weighted by Crippen LogP contribution is 2.13. The third-order valence-corrected chi connectivity index (χ3v) is 2.45. The maximum atomic E-state index is 11.5. The molecule has 0 unspecified atom stereocenters. The summed E-state index contributed by atoms with van der Waals surface area (Å²) in [5.41, 5.74) is 7.72. The van der Waals surface area contributed by atoms with Gasteiger partial charge >= 0.3 is 0 Å². The van der Waals surface area contributed by atoms with Crippen LogP contribution in [0, 0.1) is 12.1 Å². The molecule has 4 heteroatoms. The van der Waals surface area contributed by atoms with Crippen LogP contribution in [0.25, 0.3) is 0 Å². The first kappa shape index (κ1) is 12.7. The lowest BCUT2D eigenvalue weighted by Gasteiger charge is -2.33. The molecule has 1 aromatic rings. The zero-order chi connectivity index (χ0) is 12.3. The van der Waals surface area contributed by atoms with Crippen molar-refractivity contribution in [3.8, 4) is 0 Å². The number of hydrogen-bond acceptors (Lipinski definition) is 2. The number of hydrogen-bond donors (Lipinski definition) is 1. The summed E-state index contributed by atoms with van der Waals surface area (Å²) in [5.74, 6) is -0.439. The van der Waals surface area contributed by atoms with Crippen LogP contribution in [0.2, 0.25) is 0 Å². The van der Waals surface area contributed by atoms with E-state index < -0.39 is 5.91 Å². The first-order valence-electron chi connectivity index (χ1n) is 5.23. The zero-order valence-electron chi connectivity index (χ0n) is 9.99. The van der Waals surface area contributed by atoms with Gasteiger partial charge in [-0.1, -0.05) is 17.7 Å². The first-order chi connectivity index (χ1) is 7.29. The molecule has 0 spiro atoms. The minimum atomic E-state index is -0.439. The van der Waals surface area contributed by atoms with Gasteiger partial charge in [-0.2, -0.15) is 0 Å². The van der Waals surface area contributed by atoms with E-state index in [-0.39, 0.29) is 4.65 Å². The van der Waals surface area contributed by atoms with Gasteiger partial charge in [0.25, 0.3) is 0 Å². The van der Waals surface area contributed by atoms with Crippen LogP contribution in [0.4, 0.5) is 0 Å². The van der Waals surface area contributed by atoms with Gasteiger partial charge in [-0.05, 0) is 18.6 Å². The van der Waals surface area contributed by atoms with Crippen molar-refractivity contribution in [2.24, 2.45) is 5.73 Å². The second-order valence-electron chi connectivity index (χ2n) is 4.57. The molecule has 1 amide bonds. The molecule has 0 bridgehead atoms. The van der Waals surface area contributed by atoms with E-state index in [0.29, 0.717) is 18.5 Å². The highest BCUT2D eigenvalue weighted by Gasteiger charge is 2.10. The minimum Gasteiger partial charge on any atom is -0.633 e. The zero-order valence-corrected chi connectivity index (χ0v) is 9.99. The summed E-state index contributed by atoms with van der Waals surface area (Å²) in [6.07, 6.45) is 0.566. The van der Waals surface area contributed by atoms with Crippen molar-refractivity contribution in [1.29, 1.82) is 0 Å². The summed E-state index contributed by atoms with van der Waals surface area (Å²) in [5, 5.41) is 11.5. The first-order valence-corrected chi connectivity index (χ1v) is 5.23. The molecule has 0 fully saturated rings. The molecule has 4 nitrogen and oxygen atoms in total. The summed E-state index contributed by atoms with van der Waals surface area (Å²) in [6, 6.07) is 5.48. The van der Waals surface area contributed by atoms with Crippen molar-refractivity contribution in [3.63, 3.8) is 0 Å². The van der Waals surface area contributed by atoms with E-state index in [4.69, 9.17) is 5.73 Å². The number of hydroxylamine groups is 3. The number of amides is 1. The number of carbonyl (C=O) groups excluding carboxylic acids is 1. The molecule has 0 aliphatic carbocycles. The van der Waals surface area contributed by atoms with Crippen molar-refractivity contribution in [1.82, 2.24) is 0 Å². The van der Waals surface area contributed by atoms with Crippen LogP contribution in [0.3, 0.4) is 0 Å². The smallest absolute Gasteiger partial charge is 0.248 e. The van der Waals surface area contributed by atoms with Crippen molar-refractivity contribution < 1.29 is 9.44 Å². The third kappa shape index (κ3) is 3.64. The predicted octanol–water partition coefficient (Wildman–Crippen LogP) is 1.21. The number of likely N-dealkylation sites (N-methyl/N-ethyl adjacent to an activating group) is 1. The Kier molecular flexibility index (Phi) is 3.67. The molecule has 88 valence electrons. The Hall–Kier alpha value is -1.39. The fourth-order valence-corrected chi connectivity index (χ4v) is 1.56. The molecule has 0 saturated heterocycles. The Bertz CT molecular complexity index is 394. The Morgan fingerprint density at radius 2 is 2.06 bits per heavy atom. The second-order valence-corrected chi connectivity index (χ2v) is 4.57. The average molecular weight is 222 g/mol. The molecule has 0 aliphatic rings. The van der Waals surface area contributed by atoms with E-state index in [2.05, 4.69) is 0 Å². The normalized spacial score (nSPS) is 11.5. The maximum absolute atomic E-state index is 11.5. The van der Waals surface area contributed by atoms with Gasteiger partial charge in [0.15, 0.2) is 0 Å². The van der Waals surface area contributed by atoms with Crippen LogP contribution >= 0.6 is 0 Å². The number of primary amides is 1. The Balaban J connectivity index is 2.93. The molecular formula is C12H18N2O2. The number of carbonyl (C=O) groups is 1. The summed E-state index contributed by atoms with van der Waals surface area (Å²) in [4.78, 5) is 11.2. The van der Waals surface area contributed by atoms with Gasteiger partial charge in [-0.25, -0.2) is 0 Å². The van der Waals surface area contributed by atoms with Gasteiger partial charge in [0.05, 0.1) is 20.6 Å². The summed E-state index contributed by atoms with van der Waals surface area (Å²) >= 11 is 0. The lowest BCUT2D eigenvalue weighted by Crippen LogP contribution is -2.34. The van der Waals surface area contributed by atoms with E-state index >= 15 is 0 Å². The van der Waals surface area contributed by atoms with Crippen LogP contribution < -0.4 is 5.73 Å². The lowest BCUT2D eigenvalue weighted by molar-refractivity contribution is -0.839. The lowest BCUT2D eigenvalue weighted by atomic mass is 10.0. The molecule has 1 aromatic carbocycles. The Labute approximate surface area is 95.8 Å². The molecule has 0 aromatic heterocycles. The molecule has 0 aliphatic heterocycles.